The van der Waals surface area contributed by atoms with Crippen LogP contribution in [0, 0.1) is 0 Å². The number of ketones is 1. The van der Waals surface area contributed by atoms with Gasteiger partial charge < -0.3 is 9.30 Å². The zero-order valence-electron chi connectivity index (χ0n) is 16.9. The van der Waals surface area contributed by atoms with Crippen molar-refractivity contribution in [2.75, 3.05) is 0 Å². The van der Waals surface area contributed by atoms with E-state index in [1.807, 2.05) is 31.3 Å². The second-order valence-electron chi connectivity index (χ2n) is 7.13. The maximum atomic E-state index is 12.6. The highest BCUT2D eigenvalue weighted by Crippen LogP contribution is 2.30. The third-order valence-electron chi connectivity index (χ3n) is 5.12. The van der Waals surface area contributed by atoms with Crippen LogP contribution in [0.1, 0.15) is 41.5 Å². The predicted molar refractivity (Wildman–Crippen MR) is 120 cm³/mol. The summed E-state index contributed by atoms with van der Waals surface area (Å²) < 4.78 is 8.05. The van der Waals surface area contributed by atoms with E-state index in [1.54, 1.807) is 18.2 Å². The third-order valence-corrected chi connectivity index (χ3v) is 5.83. The van der Waals surface area contributed by atoms with E-state index in [0.29, 0.717) is 27.8 Å². The number of ether oxygens (including phenoxy) is 1. The SMILES string of the molecule is CCC(=O)c1cn(CCCc2nnn[nH]2)c2ccc(OCc3c(Cl)cccc3Cl)cc12. The summed E-state index contributed by atoms with van der Waals surface area (Å²) in [6, 6.07) is 11.1. The molecule has 2 aromatic heterocycles. The Morgan fingerprint density at radius 3 is 2.71 bits per heavy atom. The molecule has 7 nitrogen and oxygen atoms in total. The first kappa shape index (κ1) is 21.3. The smallest absolute Gasteiger partial charge is 0.164 e. The lowest BCUT2D eigenvalue weighted by Gasteiger charge is -2.10. The second kappa shape index (κ2) is 9.49. The minimum absolute atomic E-state index is 0.0921. The van der Waals surface area contributed by atoms with Crippen LogP contribution in [0.25, 0.3) is 10.9 Å². The van der Waals surface area contributed by atoms with Crippen LogP contribution in [0.4, 0.5) is 0 Å². The van der Waals surface area contributed by atoms with E-state index in [4.69, 9.17) is 27.9 Å². The van der Waals surface area contributed by atoms with Gasteiger partial charge in [-0.15, -0.1) is 5.10 Å². The lowest BCUT2D eigenvalue weighted by Crippen LogP contribution is -2.00. The Kier molecular flexibility index (Phi) is 6.53. The Morgan fingerprint density at radius 2 is 2.00 bits per heavy atom. The van der Waals surface area contributed by atoms with Crippen molar-refractivity contribution in [2.45, 2.75) is 39.3 Å². The van der Waals surface area contributed by atoms with Gasteiger partial charge in [0.15, 0.2) is 5.78 Å². The van der Waals surface area contributed by atoms with E-state index in [0.717, 1.165) is 41.7 Å². The maximum Gasteiger partial charge on any atom is 0.164 e. The molecule has 1 N–H and O–H groups in total. The minimum Gasteiger partial charge on any atom is -0.489 e. The van der Waals surface area contributed by atoms with Crippen molar-refractivity contribution < 1.29 is 9.53 Å². The molecule has 0 fully saturated rings. The first-order valence-electron chi connectivity index (χ1n) is 10.0. The first-order chi connectivity index (χ1) is 15.1. The highest BCUT2D eigenvalue weighted by Gasteiger charge is 2.15. The molecule has 4 aromatic rings. The van der Waals surface area contributed by atoms with Gasteiger partial charge in [0.05, 0.1) is 0 Å². The van der Waals surface area contributed by atoms with Gasteiger partial charge in [0.1, 0.15) is 18.2 Å². The summed E-state index contributed by atoms with van der Waals surface area (Å²) in [4.78, 5) is 12.6. The molecule has 0 saturated heterocycles. The Labute approximate surface area is 189 Å². The van der Waals surface area contributed by atoms with E-state index in [-0.39, 0.29) is 12.4 Å². The fraction of sp³-hybridized carbons (Fsp3) is 0.273. The normalized spacial score (nSPS) is 11.2. The molecule has 0 radical (unpaired) electrons. The summed E-state index contributed by atoms with van der Waals surface area (Å²) in [7, 11) is 0. The predicted octanol–water partition coefficient (Wildman–Crippen LogP) is 5.27. The fourth-order valence-electron chi connectivity index (χ4n) is 3.49. The summed E-state index contributed by atoms with van der Waals surface area (Å²) in [6.45, 7) is 2.85. The van der Waals surface area contributed by atoms with Crippen LogP contribution in [-0.4, -0.2) is 31.0 Å². The van der Waals surface area contributed by atoms with Crippen molar-refractivity contribution in [3.05, 3.63) is 69.6 Å². The lowest BCUT2D eigenvalue weighted by molar-refractivity contribution is 0.0989. The van der Waals surface area contributed by atoms with Crippen LogP contribution >= 0.6 is 23.2 Å². The summed E-state index contributed by atoms with van der Waals surface area (Å²) in [6.07, 6.45) is 3.92. The molecular weight excluding hydrogens is 437 g/mol. The molecular formula is C22H21Cl2N5O2. The highest BCUT2D eigenvalue weighted by atomic mass is 35.5. The number of benzene rings is 2. The summed E-state index contributed by atoms with van der Waals surface area (Å²) in [5.74, 6) is 1.49. The van der Waals surface area contributed by atoms with Gasteiger partial charge in [-0.05, 0) is 47.2 Å². The lowest BCUT2D eigenvalue weighted by atomic mass is 10.1. The Hall–Kier alpha value is -2.90. The van der Waals surface area contributed by atoms with Crippen LogP contribution in [0.2, 0.25) is 10.0 Å². The average Bonchev–Trinajstić information content (AvgIpc) is 3.41. The van der Waals surface area contributed by atoms with E-state index in [2.05, 4.69) is 25.2 Å². The van der Waals surface area contributed by atoms with Gasteiger partial charge in [0, 0.05) is 57.7 Å². The number of carbonyl (C=O) groups excluding carboxylic acids is 1. The molecule has 0 saturated carbocycles. The Bertz CT molecular complexity index is 1180. The van der Waals surface area contributed by atoms with Crippen LogP contribution in [0.5, 0.6) is 5.75 Å². The highest BCUT2D eigenvalue weighted by molar-refractivity contribution is 6.35. The molecule has 0 aliphatic heterocycles. The largest absolute Gasteiger partial charge is 0.489 e. The van der Waals surface area contributed by atoms with Gasteiger partial charge in [-0.1, -0.05) is 36.2 Å². The number of carbonyl (C=O) groups is 1. The number of halogens is 2. The number of fused-ring (bicyclic) bond motifs is 1. The Morgan fingerprint density at radius 1 is 1.19 bits per heavy atom. The minimum atomic E-state index is 0.0921. The van der Waals surface area contributed by atoms with E-state index in [1.165, 1.54) is 0 Å². The van der Waals surface area contributed by atoms with Crippen LogP contribution < -0.4 is 4.74 Å². The number of Topliss-reactive ketones (excluding diaryl/α,β-unsaturated/α-hetero) is 1. The number of aryl methyl sites for hydroxylation is 2. The number of nitrogens with zero attached hydrogens (tertiary/aromatic N) is 4. The van der Waals surface area contributed by atoms with Crippen LogP contribution in [-0.2, 0) is 19.6 Å². The fourth-order valence-corrected chi connectivity index (χ4v) is 4.00. The number of aromatic nitrogens is 5. The number of tetrazole rings is 1. The third kappa shape index (κ3) is 4.73. The molecule has 2 aromatic carbocycles. The van der Waals surface area contributed by atoms with Gasteiger partial charge in [0.2, 0.25) is 0 Å². The number of H-pyrrole nitrogens is 1. The van der Waals surface area contributed by atoms with E-state index < -0.39 is 0 Å². The second-order valence-corrected chi connectivity index (χ2v) is 7.95. The molecule has 2 heterocycles. The van der Waals surface area contributed by atoms with Crippen molar-refractivity contribution >= 4 is 39.9 Å². The standard InChI is InChI=1S/C22H21Cl2N5O2/c1-2-21(30)16-12-29(10-4-7-22-25-27-28-26-22)20-9-8-14(11-15(16)20)31-13-17-18(23)5-3-6-19(17)24/h3,5-6,8-9,11-12H,2,4,7,10,13H2,1H3,(H,25,26,27,28). The van der Waals surface area contributed by atoms with Gasteiger partial charge in [-0.2, -0.15) is 0 Å². The molecule has 4 rings (SSSR count). The first-order valence-corrected chi connectivity index (χ1v) is 10.8. The quantitative estimate of drug-likeness (QED) is 0.346. The van der Waals surface area contributed by atoms with E-state index in [9.17, 15) is 4.79 Å². The van der Waals surface area contributed by atoms with Crippen molar-refractivity contribution in [1.29, 1.82) is 0 Å². The van der Waals surface area contributed by atoms with Crippen molar-refractivity contribution in [3.63, 3.8) is 0 Å². The Balaban J connectivity index is 1.57. The molecule has 0 atom stereocenters. The zero-order chi connectivity index (χ0) is 21.8. The van der Waals surface area contributed by atoms with E-state index >= 15 is 0 Å². The van der Waals surface area contributed by atoms with Crippen molar-refractivity contribution in [3.8, 4) is 5.75 Å². The van der Waals surface area contributed by atoms with Crippen LogP contribution in [0.3, 0.4) is 0 Å². The number of rotatable bonds is 9. The molecule has 0 aliphatic carbocycles. The summed E-state index contributed by atoms with van der Waals surface area (Å²) >= 11 is 12.5. The molecule has 0 bridgehead atoms. The summed E-state index contributed by atoms with van der Waals surface area (Å²) in [5, 5.41) is 15.9. The van der Waals surface area contributed by atoms with Gasteiger partial charge in [-0.25, -0.2) is 5.10 Å². The van der Waals surface area contributed by atoms with Crippen molar-refractivity contribution in [1.82, 2.24) is 25.2 Å². The van der Waals surface area contributed by atoms with Gasteiger partial charge >= 0.3 is 0 Å². The van der Waals surface area contributed by atoms with Gasteiger partial charge in [-0.3, -0.25) is 4.79 Å². The zero-order valence-corrected chi connectivity index (χ0v) is 18.5. The average molecular weight is 458 g/mol. The van der Waals surface area contributed by atoms with Gasteiger partial charge in [0.25, 0.3) is 0 Å². The number of hydrogen-bond donors (Lipinski definition) is 1. The molecule has 9 heteroatoms. The molecule has 0 amide bonds. The topological polar surface area (TPSA) is 85.7 Å². The number of nitrogens with one attached hydrogen (secondary N) is 1. The van der Waals surface area contributed by atoms with Crippen LogP contribution in [0.15, 0.2) is 42.6 Å². The number of hydrogen-bond acceptors (Lipinski definition) is 5. The molecule has 0 aliphatic rings. The molecule has 0 spiro atoms. The molecule has 160 valence electrons. The summed E-state index contributed by atoms with van der Waals surface area (Å²) in [5.41, 5.74) is 2.41. The molecule has 0 unspecified atom stereocenters. The molecule has 31 heavy (non-hydrogen) atoms. The van der Waals surface area contributed by atoms with Crippen molar-refractivity contribution in [2.24, 2.45) is 0 Å². The monoisotopic (exact) mass is 457 g/mol. The number of aromatic amines is 1. The maximum absolute atomic E-state index is 12.6.